The van der Waals surface area contributed by atoms with Gasteiger partial charge in [-0.1, -0.05) is 24.2 Å². The van der Waals surface area contributed by atoms with E-state index in [0.29, 0.717) is 11.6 Å². The maximum atomic E-state index is 5.17. The molecule has 21 heavy (non-hydrogen) atoms. The topological polar surface area (TPSA) is 60.2 Å². The van der Waals surface area contributed by atoms with Crippen molar-refractivity contribution < 1.29 is 9.26 Å². The largest absolute Gasteiger partial charge is 0.383 e. The van der Waals surface area contributed by atoms with Gasteiger partial charge in [-0.3, -0.25) is 0 Å². The summed E-state index contributed by atoms with van der Waals surface area (Å²) < 4.78 is 10.2. The average molecular weight is 307 g/mol. The van der Waals surface area contributed by atoms with Gasteiger partial charge in [0, 0.05) is 31.5 Å². The molecule has 1 aromatic heterocycles. The molecule has 0 amide bonds. The number of aryl methyl sites for hydroxylation is 1. The molecule has 2 aromatic rings. The maximum Gasteiger partial charge on any atom is 0.237 e. The van der Waals surface area contributed by atoms with Crippen LogP contribution in [0.15, 0.2) is 33.7 Å². The number of thioether (sulfide) groups is 1. The number of rotatable bonds is 9. The van der Waals surface area contributed by atoms with Gasteiger partial charge < -0.3 is 14.6 Å². The number of hydrogen-bond donors (Lipinski definition) is 1. The summed E-state index contributed by atoms with van der Waals surface area (Å²) in [6, 6.07) is 8.51. The summed E-state index contributed by atoms with van der Waals surface area (Å²) in [7, 11) is 1.71. The van der Waals surface area contributed by atoms with E-state index in [4.69, 9.17) is 9.26 Å². The molecule has 0 aliphatic carbocycles. The molecule has 0 aliphatic rings. The summed E-state index contributed by atoms with van der Waals surface area (Å²) in [5.74, 6) is 2.16. The van der Waals surface area contributed by atoms with Crippen LogP contribution in [0.3, 0.4) is 0 Å². The predicted molar refractivity (Wildman–Crippen MR) is 83.3 cm³/mol. The van der Waals surface area contributed by atoms with Gasteiger partial charge in [-0.25, -0.2) is 0 Å². The van der Waals surface area contributed by atoms with Crippen LogP contribution in [-0.4, -0.2) is 30.4 Å². The first-order valence-corrected chi connectivity index (χ1v) is 8.03. The number of hydrogen-bond acceptors (Lipinski definition) is 6. The number of nitrogens with zero attached hydrogens (tertiary/aromatic N) is 2. The van der Waals surface area contributed by atoms with E-state index in [1.807, 2.05) is 6.92 Å². The molecule has 0 aliphatic heterocycles. The number of ether oxygens (including phenoxy) is 1. The molecule has 0 fully saturated rings. The zero-order valence-electron chi connectivity index (χ0n) is 12.5. The van der Waals surface area contributed by atoms with Crippen LogP contribution >= 0.6 is 11.8 Å². The Morgan fingerprint density at radius 1 is 1.29 bits per heavy atom. The number of aromatic nitrogens is 2. The van der Waals surface area contributed by atoms with E-state index < -0.39 is 0 Å². The molecule has 0 radical (unpaired) electrons. The molecule has 1 N–H and O–H groups in total. The van der Waals surface area contributed by atoms with Gasteiger partial charge in [0.05, 0.1) is 12.4 Å². The average Bonchev–Trinajstić information content (AvgIpc) is 2.99. The van der Waals surface area contributed by atoms with Crippen LogP contribution < -0.4 is 5.32 Å². The van der Waals surface area contributed by atoms with Gasteiger partial charge in [0.1, 0.15) is 0 Å². The molecule has 0 atom stereocenters. The van der Waals surface area contributed by atoms with E-state index in [1.54, 1.807) is 18.9 Å². The van der Waals surface area contributed by atoms with Crippen molar-refractivity contribution in [1.82, 2.24) is 15.5 Å². The van der Waals surface area contributed by atoms with E-state index in [0.717, 1.165) is 31.9 Å². The zero-order chi connectivity index (χ0) is 14.9. The molecule has 0 unspecified atom stereocenters. The van der Waals surface area contributed by atoms with Crippen molar-refractivity contribution in [3.63, 3.8) is 0 Å². The molecular weight excluding hydrogens is 286 g/mol. The molecule has 0 spiro atoms. The number of nitrogens with one attached hydrogen (secondary N) is 1. The lowest BCUT2D eigenvalue weighted by molar-refractivity contribution is 0.199. The summed E-state index contributed by atoms with van der Waals surface area (Å²) in [5.41, 5.74) is 1.27. The summed E-state index contributed by atoms with van der Waals surface area (Å²) in [6.07, 6.45) is 0.804. The van der Waals surface area contributed by atoms with Crippen LogP contribution in [0.1, 0.15) is 24.2 Å². The highest BCUT2D eigenvalue weighted by atomic mass is 32.2. The van der Waals surface area contributed by atoms with E-state index in [-0.39, 0.29) is 0 Å². The molecule has 0 saturated heterocycles. The van der Waals surface area contributed by atoms with E-state index in [1.165, 1.54) is 10.5 Å². The predicted octanol–water partition coefficient (Wildman–Crippen LogP) is 2.66. The van der Waals surface area contributed by atoms with Crippen molar-refractivity contribution in [2.45, 2.75) is 30.5 Å². The minimum Gasteiger partial charge on any atom is -0.383 e. The van der Waals surface area contributed by atoms with E-state index in [9.17, 15) is 0 Å². The third-order valence-electron chi connectivity index (χ3n) is 2.92. The fraction of sp³-hybridized carbons (Fsp3) is 0.467. The molecule has 1 heterocycles. The van der Waals surface area contributed by atoms with Crippen molar-refractivity contribution in [2.75, 3.05) is 20.3 Å². The van der Waals surface area contributed by atoms with Gasteiger partial charge in [0.25, 0.3) is 0 Å². The highest BCUT2D eigenvalue weighted by molar-refractivity contribution is 7.98. The van der Waals surface area contributed by atoms with Crippen molar-refractivity contribution in [2.24, 2.45) is 0 Å². The first-order valence-electron chi connectivity index (χ1n) is 7.04. The Balaban J connectivity index is 1.76. The standard InChI is InChI=1S/C15H21N3O2S/c1-3-14-17-15(20-18-14)11-21-13-6-4-12(5-7-13)10-16-8-9-19-2/h4-7,16H,3,8-11H2,1-2H3. The first-order chi connectivity index (χ1) is 10.3. The van der Waals surface area contributed by atoms with Crippen LogP contribution in [0.5, 0.6) is 0 Å². The lowest BCUT2D eigenvalue weighted by atomic mass is 10.2. The molecule has 6 heteroatoms. The van der Waals surface area contributed by atoms with Crippen LogP contribution in [0, 0.1) is 0 Å². The van der Waals surface area contributed by atoms with Crippen molar-refractivity contribution in [3.05, 3.63) is 41.5 Å². The molecule has 1 aromatic carbocycles. The summed E-state index contributed by atoms with van der Waals surface area (Å²) in [6.45, 7) is 4.47. The van der Waals surface area contributed by atoms with Gasteiger partial charge in [0.2, 0.25) is 5.89 Å². The monoisotopic (exact) mass is 307 g/mol. The van der Waals surface area contributed by atoms with Gasteiger partial charge in [0.15, 0.2) is 5.82 Å². The maximum absolute atomic E-state index is 5.17. The number of methoxy groups -OCH3 is 1. The smallest absolute Gasteiger partial charge is 0.237 e. The summed E-state index contributed by atoms with van der Waals surface area (Å²) in [4.78, 5) is 5.50. The minimum absolute atomic E-state index is 0.683. The molecule has 2 rings (SSSR count). The fourth-order valence-corrected chi connectivity index (χ4v) is 2.48. The Morgan fingerprint density at radius 3 is 2.76 bits per heavy atom. The minimum atomic E-state index is 0.683. The van der Waals surface area contributed by atoms with Crippen molar-refractivity contribution >= 4 is 11.8 Å². The second-order valence-corrected chi connectivity index (χ2v) is 5.61. The van der Waals surface area contributed by atoms with Crippen molar-refractivity contribution in [3.8, 4) is 0 Å². The van der Waals surface area contributed by atoms with E-state index in [2.05, 4.69) is 39.7 Å². The fourth-order valence-electron chi connectivity index (χ4n) is 1.75. The Morgan fingerprint density at radius 2 is 2.10 bits per heavy atom. The SMILES string of the molecule is CCc1noc(CSc2ccc(CNCCOC)cc2)n1. The molecule has 0 bridgehead atoms. The quantitative estimate of drug-likeness (QED) is 0.568. The lowest BCUT2D eigenvalue weighted by Gasteiger charge is -2.05. The molecule has 5 nitrogen and oxygen atoms in total. The van der Waals surface area contributed by atoms with Gasteiger partial charge in [-0.05, 0) is 17.7 Å². The molecule has 0 saturated carbocycles. The van der Waals surface area contributed by atoms with Crippen LogP contribution in [0.25, 0.3) is 0 Å². The molecular formula is C15H21N3O2S. The van der Waals surface area contributed by atoms with Crippen LogP contribution in [0.2, 0.25) is 0 Å². The summed E-state index contributed by atoms with van der Waals surface area (Å²) in [5, 5.41) is 7.22. The van der Waals surface area contributed by atoms with Crippen LogP contribution in [0.4, 0.5) is 0 Å². The Kier molecular flexibility index (Phi) is 6.72. The molecule has 114 valence electrons. The first kappa shape index (κ1) is 16.0. The van der Waals surface area contributed by atoms with Gasteiger partial charge in [-0.2, -0.15) is 4.98 Å². The Labute approximate surface area is 129 Å². The summed E-state index contributed by atoms with van der Waals surface area (Å²) >= 11 is 1.70. The van der Waals surface area contributed by atoms with Crippen molar-refractivity contribution in [1.29, 1.82) is 0 Å². The third kappa shape index (κ3) is 5.49. The highest BCUT2D eigenvalue weighted by Gasteiger charge is 2.05. The second-order valence-electron chi connectivity index (χ2n) is 4.56. The normalized spacial score (nSPS) is 11.0. The third-order valence-corrected chi connectivity index (χ3v) is 3.92. The Hall–Kier alpha value is -1.37. The van der Waals surface area contributed by atoms with E-state index >= 15 is 0 Å². The zero-order valence-corrected chi connectivity index (χ0v) is 13.3. The number of benzene rings is 1. The van der Waals surface area contributed by atoms with Gasteiger partial charge >= 0.3 is 0 Å². The second kappa shape index (κ2) is 8.81. The lowest BCUT2D eigenvalue weighted by Crippen LogP contribution is -2.18. The van der Waals surface area contributed by atoms with Gasteiger partial charge in [-0.15, -0.1) is 11.8 Å². The highest BCUT2D eigenvalue weighted by Crippen LogP contribution is 2.22. The van der Waals surface area contributed by atoms with Crippen LogP contribution in [-0.2, 0) is 23.5 Å². The Bertz CT molecular complexity index is 528.